The summed E-state index contributed by atoms with van der Waals surface area (Å²) in [4.78, 5) is 0.162. The van der Waals surface area contributed by atoms with E-state index in [9.17, 15) is 8.42 Å². The van der Waals surface area contributed by atoms with Crippen LogP contribution in [-0.4, -0.2) is 14.2 Å². The van der Waals surface area contributed by atoms with E-state index in [1.165, 1.54) is 12.1 Å². The fourth-order valence-electron chi connectivity index (χ4n) is 2.02. The molecule has 0 heterocycles. The predicted molar refractivity (Wildman–Crippen MR) is 82.7 cm³/mol. The minimum absolute atomic E-state index is 0.0771. The van der Waals surface area contributed by atoms with E-state index in [1.54, 1.807) is 6.07 Å². The molecular formula is C15H16ClNO2S. The van der Waals surface area contributed by atoms with Gasteiger partial charge in [-0.3, -0.25) is 0 Å². The van der Waals surface area contributed by atoms with Gasteiger partial charge in [0.2, 0.25) is 0 Å². The maximum absolute atomic E-state index is 12.2. The van der Waals surface area contributed by atoms with Crippen molar-refractivity contribution in [2.24, 2.45) is 0 Å². The van der Waals surface area contributed by atoms with Crippen molar-refractivity contribution < 1.29 is 8.42 Å². The molecule has 0 saturated carbocycles. The van der Waals surface area contributed by atoms with Gasteiger partial charge in [0.15, 0.2) is 9.84 Å². The summed E-state index contributed by atoms with van der Waals surface area (Å²) in [5.74, 6) is 0.0771. The van der Waals surface area contributed by atoms with E-state index in [0.717, 1.165) is 12.0 Å². The monoisotopic (exact) mass is 309 g/mol. The first-order valence-electron chi connectivity index (χ1n) is 6.31. The van der Waals surface area contributed by atoms with Crippen molar-refractivity contribution in [3.05, 3.63) is 59.1 Å². The normalized spacial score (nSPS) is 11.4. The number of aryl methyl sites for hydroxylation is 1. The van der Waals surface area contributed by atoms with Gasteiger partial charge < -0.3 is 5.73 Å². The highest BCUT2D eigenvalue weighted by Crippen LogP contribution is 2.24. The Morgan fingerprint density at radius 1 is 1.05 bits per heavy atom. The lowest BCUT2D eigenvalue weighted by atomic mass is 10.1. The van der Waals surface area contributed by atoms with Crippen LogP contribution >= 0.6 is 11.6 Å². The highest BCUT2D eigenvalue weighted by atomic mass is 35.5. The molecule has 0 bridgehead atoms. The van der Waals surface area contributed by atoms with E-state index in [4.69, 9.17) is 17.3 Å². The zero-order chi connectivity index (χ0) is 14.6. The van der Waals surface area contributed by atoms with Crippen LogP contribution in [-0.2, 0) is 16.3 Å². The van der Waals surface area contributed by atoms with Gasteiger partial charge in [-0.15, -0.1) is 0 Å². The average Bonchev–Trinajstić information content (AvgIpc) is 2.39. The Bertz CT molecular complexity index is 684. The van der Waals surface area contributed by atoms with E-state index < -0.39 is 9.84 Å². The van der Waals surface area contributed by atoms with E-state index in [-0.39, 0.29) is 16.3 Å². The summed E-state index contributed by atoms with van der Waals surface area (Å²) in [5.41, 5.74) is 7.06. The number of hydrogen-bond acceptors (Lipinski definition) is 3. The van der Waals surface area contributed by atoms with Crippen LogP contribution in [0.15, 0.2) is 53.4 Å². The number of nitrogen functional groups attached to an aromatic ring is 1. The van der Waals surface area contributed by atoms with Gasteiger partial charge >= 0.3 is 0 Å². The summed E-state index contributed by atoms with van der Waals surface area (Å²) >= 11 is 5.78. The number of anilines is 1. The highest BCUT2D eigenvalue weighted by molar-refractivity contribution is 7.91. The van der Waals surface area contributed by atoms with Crippen molar-refractivity contribution in [1.82, 2.24) is 0 Å². The summed E-state index contributed by atoms with van der Waals surface area (Å²) in [5, 5.41) is 0.436. The molecule has 0 aliphatic rings. The molecule has 20 heavy (non-hydrogen) atoms. The van der Waals surface area contributed by atoms with Gasteiger partial charge in [0, 0.05) is 5.02 Å². The molecule has 2 N–H and O–H groups in total. The number of hydrogen-bond donors (Lipinski definition) is 1. The van der Waals surface area contributed by atoms with Crippen molar-refractivity contribution in [3.63, 3.8) is 0 Å². The summed E-state index contributed by atoms with van der Waals surface area (Å²) in [6, 6.07) is 14.3. The molecule has 0 atom stereocenters. The van der Waals surface area contributed by atoms with Crippen LogP contribution in [0.1, 0.15) is 12.0 Å². The van der Waals surface area contributed by atoms with Gasteiger partial charge in [-0.2, -0.15) is 0 Å². The Labute approximate surface area is 124 Å². The molecule has 0 amide bonds. The quantitative estimate of drug-likeness (QED) is 0.862. The van der Waals surface area contributed by atoms with Crippen LogP contribution in [0.5, 0.6) is 0 Å². The lowest BCUT2D eigenvalue weighted by molar-refractivity contribution is 0.593. The van der Waals surface area contributed by atoms with Crippen LogP contribution in [0.3, 0.4) is 0 Å². The molecule has 5 heteroatoms. The summed E-state index contributed by atoms with van der Waals surface area (Å²) in [6.07, 6.45) is 1.29. The van der Waals surface area contributed by atoms with Crippen LogP contribution in [0.2, 0.25) is 5.02 Å². The summed E-state index contributed by atoms with van der Waals surface area (Å²) in [6.45, 7) is 0. The van der Waals surface area contributed by atoms with Crippen molar-refractivity contribution in [2.75, 3.05) is 11.5 Å². The standard InChI is InChI=1S/C15H16ClNO2S/c16-13-8-9-15(14(17)11-13)20(18,19)10-4-7-12-5-2-1-3-6-12/h1-3,5-6,8-9,11H,4,7,10,17H2. The van der Waals surface area contributed by atoms with Crippen LogP contribution < -0.4 is 5.73 Å². The Morgan fingerprint density at radius 3 is 2.40 bits per heavy atom. The second kappa shape index (κ2) is 6.29. The molecule has 0 aromatic heterocycles. The van der Waals surface area contributed by atoms with E-state index >= 15 is 0 Å². The lowest BCUT2D eigenvalue weighted by Crippen LogP contribution is -2.10. The molecule has 0 aliphatic carbocycles. The third-order valence-electron chi connectivity index (χ3n) is 3.03. The van der Waals surface area contributed by atoms with E-state index in [2.05, 4.69) is 0 Å². The van der Waals surface area contributed by atoms with Gasteiger partial charge in [-0.05, 0) is 36.6 Å². The number of nitrogens with two attached hydrogens (primary N) is 1. The molecule has 0 spiro atoms. The fraction of sp³-hybridized carbons (Fsp3) is 0.200. The first-order valence-corrected chi connectivity index (χ1v) is 8.34. The maximum Gasteiger partial charge on any atom is 0.180 e. The van der Waals surface area contributed by atoms with E-state index in [0.29, 0.717) is 11.4 Å². The van der Waals surface area contributed by atoms with Crippen LogP contribution in [0.4, 0.5) is 5.69 Å². The van der Waals surface area contributed by atoms with Gasteiger partial charge in [0.25, 0.3) is 0 Å². The van der Waals surface area contributed by atoms with Crippen molar-refractivity contribution in [3.8, 4) is 0 Å². The van der Waals surface area contributed by atoms with Crippen molar-refractivity contribution >= 4 is 27.1 Å². The molecule has 3 nitrogen and oxygen atoms in total. The molecule has 0 saturated heterocycles. The maximum atomic E-state index is 12.2. The molecule has 0 aliphatic heterocycles. The largest absolute Gasteiger partial charge is 0.398 e. The third kappa shape index (κ3) is 3.74. The predicted octanol–water partition coefficient (Wildman–Crippen LogP) is 3.33. The number of rotatable bonds is 5. The molecule has 2 aromatic rings. The Morgan fingerprint density at radius 2 is 1.75 bits per heavy atom. The van der Waals surface area contributed by atoms with E-state index in [1.807, 2.05) is 30.3 Å². The number of sulfone groups is 1. The second-order valence-corrected chi connectivity index (χ2v) is 7.10. The van der Waals surface area contributed by atoms with Crippen LogP contribution in [0.25, 0.3) is 0 Å². The first kappa shape index (κ1) is 14.9. The zero-order valence-electron chi connectivity index (χ0n) is 10.9. The van der Waals surface area contributed by atoms with Gasteiger partial charge in [0.1, 0.15) is 0 Å². The minimum Gasteiger partial charge on any atom is -0.398 e. The minimum atomic E-state index is -3.36. The second-order valence-electron chi connectivity index (χ2n) is 4.59. The molecule has 0 radical (unpaired) electrons. The van der Waals surface area contributed by atoms with Gasteiger partial charge in [0.05, 0.1) is 16.3 Å². The van der Waals surface area contributed by atoms with Gasteiger partial charge in [-0.1, -0.05) is 41.9 Å². The van der Waals surface area contributed by atoms with Crippen molar-refractivity contribution in [1.29, 1.82) is 0 Å². The zero-order valence-corrected chi connectivity index (χ0v) is 12.5. The highest BCUT2D eigenvalue weighted by Gasteiger charge is 2.17. The summed E-state index contributed by atoms with van der Waals surface area (Å²) in [7, 11) is -3.36. The number of halogens is 1. The Hall–Kier alpha value is -1.52. The van der Waals surface area contributed by atoms with Crippen molar-refractivity contribution in [2.45, 2.75) is 17.7 Å². The summed E-state index contributed by atoms with van der Waals surface area (Å²) < 4.78 is 24.5. The fourth-order valence-corrected chi connectivity index (χ4v) is 3.64. The average molecular weight is 310 g/mol. The molecule has 2 aromatic carbocycles. The lowest BCUT2D eigenvalue weighted by Gasteiger charge is -2.08. The SMILES string of the molecule is Nc1cc(Cl)ccc1S(=O)(=O)CCCc1ccccc1. The first-order chi connectivity index (χ1) is 9.49. The molecule has 0 unspecified atom stereocenters. The molecule has 106 valence electrons. The molecule has 2 rings (SSSR count). The van der Waals surface area contributed by atoms with Gasteiger partial charge in [-0.25, -0.2) is 8.42 Å². The smallest absolute Gasteiger partial charge is 0.180 e. The van der Waals surface area contributed by atoms with Crippen LogP contribution in [0, 0.1) is 0 Å². The topological polar surface area (TPSA) is 60.2 Å². The molecule has 0 fully saturated rings. The number of benzene rings is 2. The Balaban J connectivity index is 2.04. The third-order valence-corrected chi connectivity index (χ3v) is 5.13. The Kier molecular flexibility index (Phi) is 4.68. The molecular weight excluding hydrogens is 294 g/mol.